The zero-order valence-electron chi connectivity index (χ0n) is 15.8. The Morgan fingerprint density at radius 2 is 1.82 bits per heavy atom. The van der Waals surface area contributed by atoms with Gasteiger partial charge < -0.3 is 5.32 Å². The molecule has 0 bridgehead atoms. The van der Waals surface area contributed by atoms with Gasteiger partial charge in [-0.15, -0.1) is 0 Å². The highest BCUT2D eigenvalue weighted by molar-refractivity contribution is 5.90. The second-order valence-corrected chi connectivity index (χ2v) is 7.62. The minimum absolute atomic E-state index is 0.0560. The molecule has 3 aromatic rings. The Balaban J connectivity index is 1.30. The molecule has 1 saturated carbocycles. The lowest BCUT2D eigenvalue weighted by Crippen LogP contribution is -2.20. The van der Waals surface area contributed by atoms with Crippen LogP contribution >= 0.6 is 0 Å². The molecular weight excluding hydrogens is 346 g/mol. The maximum atomic E-state index is 12.3. The molecule has 28 heavy (non-hydrogen) atoms. The molecule has 1 amide bonds. The van der Waals surface area contributed by atoms with Gasteiger partial charge in [-0.2, -0.15) is 5.26 Å². The van der Waals surface area contributed by atoms with Crippen LogP contribution in [0, 0.1) is 17.2 Å². The second kappa shape index (κ2) is 8.22. The summed E-state index contributed by atoms with van der Waals surface area (Å²) in [5, 5.41) is 13.0. The van der Waals surface area contributed by atoms with Crippen molar-refractivity contribution >= 4 is 22.5 Å². The molecule has 1 heterocycles. The molecule has 0 aliphatic heterocycles. The van der Waals surface area contributed by atoms with E-state index in [0.29, 0.717) is 23.8 Å². The quantitative estimate of drug-likeness (QED) is 0.669. The summed E-state index contributed by atoms with van der Waals surface area (Å²) in [6.07, 6.45) is 6.92. The number of hydrogen-bond acceptors (Lipinski definition) is 3. The average molecular weight is 369 g/mol. The maximum absolute atomic E-state index is 12.3. The van der Waals surface area contributed by atoms with Gasteiger partial charge in [-0.05, 0) is 79.5 Å². The number of carbonyl (C=O) groups excluding carboxylic acids is 1. The summed E-state index contributed by atoms with van der Waals surface area (Å²) in [5.41, 5.74) is 3.71. The van der Waals surface area contributed by atoms with Crippen LogP contribution in [0.4, 0.5) is 5.69 Å². The molecule has 1 fully saturated rings. The van der Waals surface area contributed by atoms with Crippen molar-refractivity contribution in [1.82, 2.24) is 4.98 Å². The zero-order valence-corrected chi connectivity index (χ0v) is 15.8. The Bertz CT molecular complexity index is 1010. The van der Waals surface area contributed by atoms with Crippen LogP contribution in [0.5, 0.6) is 0 Å². The van der Waals surface area contributed by atoms with Gasteiger partial charge in [0.15, 0.2) is 0 Å². The van der Waals surface area contributed by atoms with Crippen molar-refractivity contribution in [3.8, 4) is 6.07 Å². The van der Waals surface area contributed by atoms with Gasteiger partial charge in [0.2, 0.25) is 5.91 Å². The topological polar surface area (TPSA) is 65.8 Å². The lowest BCUT2D eigenvalue weighted by molar-refractivity contribution is -0.117. The van der Waals surface area contributed by atoms with Crippen molar-refractivity contribution in [1.29, 1.82) is 5.26 Å². The Hall–Kier alpha value is -3.19. The average Bonchev–Trinajstić information content (AvgIpc) is 2.74. The Morgan fingerprint density at radius 1 is 1.07 bits per heavy atom. The van der Waals surface area contributed by atoms with Gasteiger partial charge in [0.25, 0.3) is 0 Å². The van der Waals surface area contributed by atoms with Crippen LogP contribution in [0.25, 0.3) is 10.9 Å². The number of nitrogens with zero attached hydrogens (tertiary/aromatic N) is 2. The molecular formula is C24H23N3O. The van der Waals surface area contributed by atoms with Gasteiger partial charge in [0, 0.05) is 23.7 Å². The third-order valence-electron chi connectivity index (χ3n) is 5.70. The lowest BCUT2D eigenvalue weighted by atomic mass is 9.77. The van der Waals surface area contributed by atoms with Gasteiger partial charge in [-0.1, -0.05) is 18.2 Å². The van der Waals surface area contributed by atoms with Gasteiger partial charge >= 0.3 is 0 Å². The number of carbonyl (C=O) groups is 1. The van der Waals surface area contributed by atoms with E-state index in [1.807, 2.05) is 18.3 Å². The summed E-state index contributed by atoms with van der Waals surface area (Å²) in [7, 11) is 0. The normalized spacial score (nSPS) is 19.1. The first-order chi connectivity index (χ1) is 13.7. The molecule has 140 valence electrons. The molecule has 0 unspecified atom stereocenters. The zero-order chi connectivity index (χ0) is 19.3. The highest BCUT2D eigenvalue weighted by Gasteiger charge is 2.24. The van der Waals surface area contributed by atoms with Gasteiger partial charge in [0.1, 0.15) is 0 Å². The Kier molecular flexibility index (Phi) is 5.34. The molecule has 1 aliphatic carbocycles. The van der Waals surface area contributed by atoms with E-state index in [2.05, 4.69) is 34.6 Å². The predicted octanol–water partition coefficient (Wildman–Crippen LogP) is 5.41. The van der Waals surface area contributed by atoms with Crippen molar-refractivity contribution in [3.63, 3.8) is 0 Å². The fourth-order valence-electron chi connectivity index (χ4n) is 4.11. The minimum Gasteiger partial charge on any atom is -0.326 e. The molecule has 4 heteroatoms. The summed E-state index contributed by atoms with van der Waals surface area (Å²) in [5.74, 6) is 1.03. The minimum atomic E-state index is 0.0560. The standard InChI is InChI=1S/C24H23N3O/c25-15-18-7-11-22(12-8-18)27-24(28)13-17-5-9-19(10-6-17)21-14-20-3-1-2-4-23(20)26-16-21/h1-4,7-8,11-12,14,16-17,19H,5-6,9-10,13H2,(H,27,28)/t17-,19-. The highest BCUT2D eigenvalue weighted by atomic mass is 16.1. The van der Waals surface area contributed by atoms with Crippen LogP contribution in [-0.4, -0.2) is 10.9 Å². The van der Waals surface area contributed by atoms with Crippen molar-refractivity contribution < 1.29 is 4.79 Å². The number of para-hydroxylation sites is 1. The van der Waals surface area contributed by atoms with E-state index >= 15 is 0 Å². The van der Waals surface area contributed by atoms with Crippen LogP contribution in [0.2, 0.25) is 0 Å². The van der Waals surface area contributed by atoms with E-state index in [4.69, 9.17) is 5.26 Å². The molecule has 0 atom stereocenters. The summed E-state index contributed by atoms with van der Waals surface area (Å²) in [6.45, 7) is 0. The predicted molar refractivity (Wildman–Crippen MR) is 111 cm³/mol. The van der Waals surface area contributed by atoms with E-state index < -0.39 is 0 Å². The number of pyridine rings is 1. The van der Waals surface area contributed by atoms with Gasteiger partial charge in [-0.3, -0.25) is 9.78 Å². The van der Waals surface area contributed by atoms with E-state index in [0.717, 1.165) is 36.9 Å². The van der Waals surface area contributed by atoms with E-state index in [9.17, 15) is 4.79 Å². The monoisotopic (exact) mass is 369 g/mol. The summed E-state index contributed by atoms with van der Waals surface area (Å²) >= 11 is 0. The first kappa shape index (κ1) is 18.2. The Morgan fingerprint density at radius 3 is 2.57 bits per heavy atom. The Labute approximate surface area is 165 Å². The van der Waals surface area contributed by atoms with E-state index in [-0.39, 0.29) is 5.91 Å². The fraction of sp³-hybridized carbons (Fsp3) is 0.292. The summed E-state index contributed by atoms with van der Waals surface area (Å²) in [6, 6.07) is 19.6. The van der Waals surface area contributed by atoms with Crippen molar-refractivity contribution in [2.45, 2.75) is 38.0 Å². The van der Waals surface area contributed by atoms with E-state index in [1.165, 1.54) is 10.9 Å². The number of aromatic nitrogens is 1. The van der Waals surface area contributed by atoms with Crippen molar-refractivity contribution in [3.05, 3.63) is 71.9 Å². The third kappa shape index (κ3) is 4.20. The molecule has 2 aromatic carbocycles. The summed E-state index contributed by atoms with van der Waals surface area (Å²) < 4.78 is 0. The van der Waals surface area contributed by atoms with Gasteiger partial charge in [0.05, 0.1) is 17.1 Å². The molecule has 4 rings (SSSR count). The number of fused-ring (bicyclic) bond motifs is 1. The maximum Gasteiger partial charge on any atom is 0.224 e. The number of nitrogens with one attached hydrogen (secondary N) is 1. The smallest absolute Gasteiger partial charge is 0.224 e. The highest BCUT2D eigenvalue weighted by Crippen LogP contribution is 2.37. The molecule has 1 N–H and O–H groups in total. The van der Waals surface area contributed by atoms with E-state index in [1.54, 1.807) is 24.3 Å². The largest absolute Gasteiger partial charge is 0.326 e. The second-order valence-electron chi connectivity index (χ2n) is 7.62. The molecule has 0 spiro atoms. The van der Waals surface area contributed by atoms with Crippen LogP contribution < -0.4 is 5.32 Å². The van der Waals surface area contributed by atoms with Crippen molar-refractivity contribution in [2.24, 2.45) is 5.92 Å². The molecule has 0 saturated heterocycles. The number of benzene rings is 2. The molecule has 0 radical (unpaired) electrons. The summed E-state index contributed by atoms with van der Waals surface area (Å²) in [4.78, 5) is 16.9. The molecule has 1 aromatic heterocycles. The first-order valence-corrected chi connectivity index (χ1v) is 9.86. The van der Waals surface area contributed by atoms with Crippen LogP contribution in [-0.2, 0) is 4.79 Å². The first-order valence-electron chi connectivity index (χ1n) is 9.86. The molecule has 4 nitrogen and oxygen atoms in total. The van der Waals surface area contributed by atoms with Gasteiger partial charge in [-0.25, -0.2) is 0 Å². The number of rotatable bonds is 4. The number of anilines is 1. The van der Waals surface area contributed by atoms with Crippen molar-refractivity contribution in [2.75, 3.05) is 5.32 Å². The lowest BCUT2D eigenvalue weighted by Gasteiger charge is -2.28. The van der Waals surface area contributed by atoms with Crippen LogP contribution in [0.3, 0.4) is 0 Å². The third-order valence-corrected chi connectivity index (χ3v) is 5.70. The molecule has 1 aliphatic rings. The van der Waals surface area contributed by atoms with Crippen LogP contribution in [0.1, 0.15) is 49.1 Å². The van der Waals surface area contributed by atoms with Crippen LogP contribution in [0.15, 0.2) is 60.8 Å². The number of amides is 1. The number of nitriles is 1. The fourth-order valence-corrected chi connectivity index (χ4v) is 4.11. The SMILES string of the molecule is N#Cc1ccc(NC(=O)C[C@H]2CC[C@H](c3cnc4ccccc4c3)CC2)cc1. The number of hydrogen-bond donors (Lipinski definition) is 1.